The van der Waals surface area contributed by atoms with Crippen LogP contribution in [0.3, 0.4) is 0 Å². The number of hydrogen-bond donors (Lipinski definition) is 1. The third-order valence-electron chi connectivity index (χ3n) is 3.39. The highest BCUT2D eigenvalue weighted by molar-refractivity contribution is 5.81. The molecule has 0 bridgehead atoms. The first-order chi connectivity index (χ1) is 8.96. The fraction of sp³-hybridized carbons (Fsp3) is 0.933. The topological polar surface area (TPSA) is 49.6 Å². The van der Waals surface area contributed by atoms with Gasteiger partial charge in [0.15, 0.2) is 0 Å². The fourth-order valence-electron chi connectivity index (χ4n) is 2.20. The van der Waals surface area contributed by atoms with Crippen molar-refractivity contribution in [1.82, 2.24) is 9.80 Å². The summed E-state index contributed by atoms with van der Waals surface area (Å²) >= 11 is 0. The second-order valence-electron chi connectivity index (χ2n) is 5.60. The summed E-state index contributed by atoms with van der Waals surface area (Å²) in [6.07, 6.45) is 1.73. The molecule has 114 valence electrons. The Bertz CT molecular complexity index is 240. The lowest BCUT2D eigenvalue weighted by Gasteiger charge is -2.29. The van der Waals surface area contributed by atoms with Crippen molar-refractivity contribution in [2.24, 2.45) is 11.7 Å². The van der Waals surface area contributed by atoms with E-state index in [9.17, 15) is 4.79 Å². The largest absolute Gasteiger partial charge is 0.340 e. The molecule has 0 aliphatic heterocycles. The summed E-state index contributed by atoms with van der Waals surface area (Å²) in [6.45, 7) is 15.2. The van der Waals surface area contributed by atoms with Gasteiger partial charge in [0, 0.05) is 19.6 Å². The lowest BCUT2D eigenvalue weighted by atomic mass is 10.1. The zero-order valence-electron chi connectivity index (χ0n) is 13.5. The molecule has 0 fully saturated rings. The van der Waals surface area contributed by atoms with E-state index in [1.54, 1.807) is 0 Å². The van der Waals surface area contributed by atoms with Gasteiger partial charge in [0.25, 0.3) is 0 Å². The second kappa shape index (κ2) is 10.2. The smallest absolute Gasteiger partial charge is 0.239 e. The van der Waals surface area contributed by atoms with E-state index >= 15 is 0 Å². The Kier molecular flexibility index (Phi) is 9.88. The molecule has 0 rings (SSSR count). The van der Waals surface area contributed by atoms with Crippen LogP contribution in [0.1, 0.15) is 47.5 Å². The molecule has 1 amide bonds. The molecule has 0 aromatic heterocycles. The van der Waals surface area contributed by atoms with Crippen LogP contribution < -0.4 is 5.73 Å². The maximum atomic E-state index is 12.3. The van der Waals surface area contributed by atoms with Crippen molar-refractivity contribution >= 4 is 5.91 Å². The third-order valence-corrected chi connectivity index (χ3v) is 3.39. The van der Waals surface area contributed by atoms with Gasteiger partial charge in [-0.25, -0.2) is 0 Å². The number of carbonyl (C=O) groups excluding carboxylic acids is 1. The summed E-state index contributed by atoms with van der Waals surface area (Å²) in [5.74, 6) is 0.595. The standard InChI is InChI=1S/C15H33N3O/c1-6-9-14(16)15(19)18(12-13(4)5)11-10-17(7-2)8-3/h13-14H,6-12,16H2,1-5H3/t14-/m1/s1. The van der Waals surface area contributed by atoms with Crippen LogP contribution in [0.4, 0.5) is 0 Å². The van der Waals surface area contributed by atoms with Gasteiger partial charge in [0.05, 0.1) is 6.04 Å². The third kappa shape index (κ3) is 7.53. The Hall–Kier alpha value is -0.610. The fourth-order valence-corrected chi connectivity index (χ4v) is 2.20. The van der Waals surface area contributed by atoms with E-state index in [1.807, 2.05) is 4.90 Å². The molecular weight excluding hydrogens is 238 g/mol. The molecule has 0 saturated carbocycles. The predicted octanol–water partition coefficient (Wildman–Crippen LogP) is 1.94. The molecule has 19 heavy (non-hydrogen) atoms. The summed E-state index contributed by atoms with van der Waals surface area (Å²) in [5.41, 5.74) is 5.97. The summed E-state index contributed by atoms with van der Waals surface area (Å²) in [5, 5.41) is 0. The number of rotatable bonds is 10. The first kappa shape index (κ1) is 18.4. The number of nitrogens with two attached hydrogens (primary N) is 1. The normalized spacial score (nSPS) is 13.1. The van der Waals surface area contributed by atoms with Crippen molar-refractivity contribution in [1.29, 1.82) is 0 Å². The zero-order chi connectivity index (χ0) is 14.8. The molecule has 0 aromatic carbocycles. The molecule has 4 heteroatoms. The Morgan fingerprint density at radius 2 is 1.68 bits per heavy atom. The van der Waals surface area contributed by atoms with Crippen LogP contribution in [0.25, 0.3) is 0 Å². The van der Waals surface area contributed by atoms with Gasteiger partial charge in [-0.05, 0) is 25.4 Å². The van der Waals surface area contributed by atoms with Gasteiger partial charge in [-0.2, -0.15) is 0 Å². The van der Waals surface area contributed by atoms with Gasteiger partial charge in [0.1, 0.15) is 0 Å². The minimum Gasteiger partial charge on any atom is -0.340 e. The van der Waals surface area contributed by atoms with Crippen LogP contribution in [0, 0.1) is 5.92 Å². The van der Waals surface area contributed by atoms with Crippen molar-refractivity contribution in [2.75, 3.05) is 32.7 Å². The summed E-state index contributed by atoms with van der Waals surface area (Å²) in [7, 11) is 0. The average Bonchev–Trinajstić information content (AvgIpc) is 2.37. The summed E-state index contributed by atoms with van der Waals surface area (Å²) < 4.78 is 0. The van der Waals surface area contributed by atoms with Crippen LogP contribution in [-0.2, 0) is 4.79 Å². The Labute approximate surface area is 119 Å². The van der Waals surface area contributed by atoms with Gasteiger partial charge in [-0.15, -0.1) is 0 Å². The first-order valence-electron chi connectivity index (χ1n) is 7.72. The summed E-state index contributed by atoms with van der Waals surface area (Å²) in [6, 6.07) is -0.333. The van der Waals surface area contributed by atoms with Gasteiger partial charge < -0.3 is 15.5 Å². The molecule has 0 aliphatic rings. The van der Waals surface area contributed by atoms with E-state index in [2.05, 4.69) is 39.5 Å². The number of carbonyl (C=O) groups is 1. The van der Waals surface area contributed by atoms with Crippen LogP contribution in [0.2, 0.25) is 0 Å². The lowest BCUT2D eigenvalue weighted by molar-refractivity contribution is -0.133. The lowest BCUT2D eigenvalue weighted by Crippen LogP contribution is -2.47. The molecule has 1 atom stereocenters. The van der Waals surface area contributed by atoms with Crippen molar-refractivity contribution in [3.8, 4) is 0 Å². The number of nitrogens with zero attached hydrogens (tertiary/aromatic N) is 2. The van der Waals surface area contributed by atoms with Crippen LogP contribution in [0.15, 0.2) is 0 Å². The quantitative estimate of drug-likeness (QED) is 0.660. The SMILES string of the molecule is CCC[C@@H](N)C(=O)N(CCN(CC)CC)CC(C)C. The molecule has 0 radical (unpaired) electrons. The number of amides is 1. The van der Waals surface area contributed by atoms with Gasteiger partial charge in [0.2, 0.25) is 5.91 Å². The summed E-state index contributed by atoms with van der Waals surface area (Å²) in [4.78, 5) is 16.6. The predicted molar refractivity (Wildman–Crippen MR) is 82.1 cm³/mol. The maximum absolute atomic E-state index is 12.3. The highest BCUT2D eigenvalue weighted by Crippen LogP contribution is 2.05. The van der Waals surface area contributed by atoms with Gasteiger partial charge in [-0.3, -0.25) is 4.79 Å². The zero-order valence-corrected chi connectivity index (χ0v) is 13.5. The minimum atomic E-state index is -0.333. The molecule has 2 N–H and O–H groups in total. The molecule has 0 aromatic rings. The van der Waals surface area contributed by atoms with E-state index in [0.717, 1.165) is 45.6 Å². The van der Waals surface area contributed by atoms with Crippen LogP contribution >= 0.6 is 0 Å². The Morgan fingerprint density at radius 1 is 1.11 bits per heavy atom. The molecule has 0 unspecified atom stereocenters. The van der Waals surface area contributed by atoms with Gasteiger partial charge >= 0.3 is 0 Å². The molecule has 4 nitrogen and oxygen atoms in total. The average molecular weight is 271 g/mol. The Balaban J connectivity index is 4.48. The van der Waals surface area contributed by atoms with E-state index < -0.39 is 0 Å². The van der Waals surface area contributed by atoms with E-state index in [4.69, 9.17) is 5.73 Å². The Morgan fingerprint density at radius 3 is 2.11 bits per heavy atom. The highest BCUT2D eigenvalue weighted by Gasteiger charge is 2.21. The molecule has 0 heterocycles. The maximum Gasteiger partial charge on any atom is 0.239 e. The van der Waals surface area contributed by atoms with E-state index in [-0.39, 0.29) is 11.9 Å². The van der Waals surface area contributed by atoms with E-state index in [0.29, 0.717) is 5.92 Å². The van der Waals surface area contributed by atoms with Gasteiger partial charge in [-0.1, -0.05) is 41.0 Å². The molecule has 0 aliphatic carbocycles. The second-order valence-corrected chi connectivity index (χ2v) is 5.60. The van der Waals surface area contributed by atoms with Crippen molar-refractivity contribution in [2.45, 2.75) is 53.5 Å². The van der Waals surface area contributed by atoms with E-state index in [1.165, 1.54) is 0 Å². The molecule has 0 spiro atoms. The first-order valence-corrected chi connectivity index (χ1v) is 7.72. The molecular formula is C15H33N3O. The number of likely N-dealkylation sites (N-methyl/N-ethyl adjacent to an activating group) is 1. The monoisotopic (exact) mass is 271 g/mol. The van der Waals surface area contributed by atoms with Crippen LogP contribution in [-0.4, -0.2) is 54.5 Å². The number of hydrogen-bond acceptors (Lipinski definition) is 3. The highest BCUT2D eigenvalue weighted by atomic mass is 16.2. The minimum absolute atomic E-state index is 0.114. The van der Waals surface area contributed by atoms with Crippen molar-refractivity contribution in [3.05, 3.63) is 0 Å². The van der Waals surface area contributed by atoms with Crippen molar-refractivity contribution < 1.29 is 4.79 Å². The van der Waals surface area contributed by atoms with Crippen molar-refractivity contribution in [3.63, 3.8) is 0 Å². The molecule has 0 saturated heterocycles. The van der Waals surface area contributed by atoms with Crippen LogP contribution in [0.5, 0.6) is 0 Å².